The summed E-state index contributed by atoms with van der Waals surface area (Å²) in [5.74, 6) is -0.186. The van der Waals surface area contributed by atoms with Crippen molar-refractivity contribution in [3.8, 4) is 0 Å². The number of piperazine rings is 1. The summed E-state index contributed by atoms with van der Waals surface area (Å²) in [6.45, 7) is 1.53. The van der Waals surface area contributed by atoms with Gasteiger partial charge in [-0.3, -0.25) is 4.79 Å². The summed E-state index contributed by atoms with van der Waals surface area (Å²) >= 11 is 0. The van der Waals surface area contributed by atoms with Gasteiger partial charge in [0.1, 0.15) is 6.04 Å². The van der Waals surface area contributed by atoms with Crippen LogP contribution in [0.2, 0.25) is 0 Å². The molecular weight excluding hydrogens is 332 g/mol. The molecule has 2 aliphatic rings. The molecule has 1 atom stereocenters. The van der Waals surface area contributed by atoms with Crippen LogP contribution in [0.5, 0.6) is 0 Å². The van der Waals surface area contributed by atoms with E-state index in [1.807, 2.05) is 0 Å². The molecule has 1 heterocycles. The van der Waals surface area contributed by atoms with Gasteiger partial charge in [0.25, 0.3) is 10.2 Å². The molecule has 1 aliphatic carbocycles. The van der Waals surface area contributed by atoms with Gasteiger partial charge in [0.15, 0.2) is 0 Å². The Kier molecular flexibility index (Phi) is 6.99. The van der Waals surface area contributed by atoms with Crippen molar-refractivity contribution < 1.29 is 17.9 Å². The van der Waals surface area contributed by atoms with Gasteiger partial charge in [-0.1, -0.05) is 19.3 Å². The number of hydrogen-bond acceptors (Lipinski definition) is 5. The molecule has 0 aromatic carbocycles. The lowest BCUT2D eigenvalue weighted by atomic mass is 9.96. The van der Waals surface area contributed by atoms with Crippen LogP contribution in [0.15, 0.2) is 0 Å². The third-order valence-corrected chi connectivity index (χ3v) is 7.04. The average molecular weight is 362 g/mol. The highest BCUT2D eigenvalue weighted by Gasteiger charge is 2.35. The third-order valence-electron chi connectivity index (χ3n) is 4.99. The van der Waals surface area contributed by atoms with Crippen molar-refractivity contribution in [2.24, 2.45) is 5.73 Å². The van der Waals surface area contributed by atoms with Gasteiger partial charge in [-0.2, -0.15) is 17.0 Å². The Morgan fingerprint density at radius 2 is 1.79 bits per heavy atom. The number of hydrogen-bond donors (Lipinski definition) is 1. The fourth-order valence-corrected chi connectivity index (χ4v) is 5.02. The summed E-state index contributed by atoms with van der Waals surface area (Å²) in [4.78, 5) is 13.8. The molecule has 8 nitrogen and oxygen atoms in total. The van der Waals surface area contributed by atoms with Gasteiger partial charge in [0.05, 0.1) is 6.61 Å². The van der Waals surface area contributed by atoms with E-state index >= 15 is 0 Å². The number of carbonyl (C=O) groups excluding carboxylic acids is 1. The van der Waals surface area contributed by atoms with E-state index in [9.17, 15) is 13.2 Å². The van der Waals surface area contributed by atoms with Crippen LogP contribution in [-0.4, -0.2) is 86.9 Å². The van der Waals surface area contributed by atoms with Gasteiger partial charge in [-0.25, -0.2) is 0 Å². The minimum absolute atomic E-state index is 0.0959. The normalized spacial score (nSPS) is 22.8. The van der Waals surface area contributed by atoms with Crippen molar-refractivity contribution in [2.75, 3.05) is 46.9 Å². The second-order valence-corrected chi connectivity index (χ2v) is 8.59. The lowest BCUT2D eigenvalue weighted by molar-refractivity contribution is -0.135. The molecule has 1 unspecified atom stereocenters. The predicted octanol–water partition coefficient (Wildman–Crippen LogP) is -0.386. The fraction of sp³-hybridized carbons (Fsp3) is 0.933. The van der Waals surface area contributed by atoms with Gasteiger partial charge in [-0.05, 0) is 12.8 Å². The van der Waals surface area contributed by atoms with E-state index in [1.54, 1.807) is 11.9 Å². The topological polar surface area (TPSA) is 96.2 Å². The zero-order valence-corrected chi connectivity index (χ0v) is 15.5. The zero-order chi connectivity index (χ0) is 17.7. The molecule has 24 heavy (non-hydrogen) atoms. The molecule has 140 valence electrons. The van der Waals surface area contributed by atoms with Crippen LogP contribution in [0, 0.1) is 0 Å². The average Bonchev–Trinajstić information content (AvgIpc) is 2.61. The van der Waals surface area contributed by atoms with Crippen molar-refractivity contribution >= 4 is 16.1 Å². The number of methoxy groups -OCH3 is 1. The fourth-order valence-electron chi connectivity index (χ4n) is 3.44. The van der Waals surface area contributed by atoms with E-state index < -0.39 is 16.3 Å². The highest BCUT2D eigenvalue weighted by atomic mass is 32.2. The van der Waals surface area contributed by atoms with E-state index in [2.05, 4.69) is 0 Å². The Hall–Kier alpha value is -0.740. The molecule has 0 spiro atoms. The Balaban J connectivity index is 1.91. The molecule has 0 aromatic heterocycles. The van der Waals surface area contributed by atoms with Crippen LogP contribution in [0.3, 0.4) is 0 Å². The maximum absolute atomic E-state index is 12.8. The molecule has 9 heteroatoms. The van der Waals surface area contributed by atoms with Crippen LogP contribution < -0.4 is 5.73 Å². The Labute approximate surface area is 145 Å². The molecule has 0 aromatic rings. The van der Waals surface area contributed by atoms with Crippen LogP contribution in [0.25, 0.3) is 0 Å². The summed E-state index contributed by atoms with van der Waals surface area (Å²) in [7, 11) is -0.292. The Bertz CT molecular complexity index is 514. The van der Waals surface area contributed by atoms with E-state index in [0.717, 1.165) is 25.7 Å². The number of amides is 1. The van der Waals surface area contributed by atoms with Crippen LogP contribution in [0.1, 0.15) is 32.1 Å². The molecule has 1 amide bonds. The minimum Gasteiger partial charge on any atom is -0.383 e. The third kappa shape index (κ3) is 4.45. The van der Waals surface area contributed by atoms with Crippen molar-refractivity contribution in [1.82, 2.24) is 13.5 Å². The highest BCUT2D eigenvalue weighted by molar-refractivity contribution is 7.86. The summed E-state index contributed by atoms with van der Waals surface area (Å²) in [6.07, 6.45) is 5.22. The van der Waals surface area contributed by atoms with Crippen LogP contribution in [0.4, 0.5) is 0 Å². The number of rotatable bonds is 6. The van der Waals surface area contributed by atoms with Gasteiger partial charge in [0, 0.05) is 46.4 Å². The molecule has 2 fully saturated rings. The van der Waals surface area contributed by atoms with Gasteiger partial charge in [0.2, 0.25) is 5.91 Å². The maximum Gasteiger partial charge on any atom is 0.282 e. The molecule has 2 N–H and O–H groups in total. The second kappa shape index (κ2) is 8.57. The van der Waals surface area contributed by atoms with Gasteiger partial charge < -0.3 is 15.4 Å². The zero-order valence-electron chi connectivity index (χ0n) is 14.7. The largest absolute Gasteiger partial charge is 0.383 e. The first-order chi connectivity index (χ1) is 11.4. The van der Waals surface area contributed by atoms with Gasteiger partial charge in [-0.15, -0.1) is 0 Å². The number of ether oxygens (including phenoxy) is 1. The lowest BCUT2D eigenvalue weighted by Crippen LogP contribution is -2.57. The first kappa shape index (κ1) is 19.6. The molecule has 1 saturated heterocycles. The number of nitrogens with zero attached hydrogens (tertiary/aromatic N) is 3. The lowest BCUT2D eigenvalue weighted by Gasteiger charge is -2.39. The highest BCUT2D eigenvalue weighted by Crippen LogP contribution is 2.25. The summed E-state index contributed by atoms with van der Waals surface area (Å²) in [5, 5.41) is 0. The SMILES string of the molecule is COCC(N)C(=O)N1CCN(S(=O)(=O)N(C)C2CCCCC2)CC1. The predicted molar refractivity (Wildman–Crippen MR) is 91.6 cm³/mol. The molecule has 2 rings (SSSR count). The van der Waals surface area contributed by atoms with E-state index in [4.69, 9.17) is 10.5 Å². The summed E-state index contributed by atoms with van der Waals surface area (Å²) in [6, 6.07) is -0.596. The standard InChI is InChI=1S/C15H30N4O4S/c1-17(13-6-4-3-5-7-13)24(21,22)19-10-8-18(9-11-19)15(20)14(16)12-23-2/h13-14H,3-12,16H2,1-2H3. The second-order valence-electron chi connectivity index (χ2n) is 6.60. The molecule has 1 aliphatic heterocycles. The van der Waals surface area contributed by atoms with Crippen molar-refractivity contribution in [2.45, 2.75) is 44.2 Å². The van der Waals surface area contributed by atoms with Crippen LogP contribution >= 0.6 is 0 Å². The van der Waals surface area contributed by atoms with Crippen molar-refractivity contribution in [3.63, 3.8) is 0 Å². The van der Waals surface area contributed by atoms with E-state index in [1.165, 1.54) is 22.1 Å². The Morgan fingerprint density at radius 1 is 1.21 bits per heavy atom. The quantitative estimate of drug-likeness (QED) is 0.694. The van der Waals surface area contributed by atoms with Crippen molar-refractivity contribution in [3.05, 3.63) is 0 Å². The maximum atomic E-state index is 12.8. The van der Waals surface area contributed by atoms with Crippen LogP contribution in [-0.2, 0) is 19.7 Å². The smallest absolute Gasteiger partial charge is 0.282 e. The monoisotopic (exact) mass is 362 g/mol. The number of nitrogens with two attached hydrogens (primary N) is 1. The molecule has 1 saturated carbocycles. The number of carbonyl (C=O) groups is 1. The molecule has 0 radical (unpaired) electrons. The molecular formula is C15H30N4O4S. The minimum atomic E-state index is -3.47. The van der Waals surface area contributed by atoms with Crippen molar-refractivity contribution in [1.29, 1.82) is 0 Å². The van der Waals surface area contributed by atoms with Gasteiger partial charge >= 0.3 is 0 Å². The Morgan fingerprint density at radius 3 is 2.33 bits per heavy atom. The van der Waals surface area contributed by atoms with E-state index in [0.29, 0.717) is 26.2 Å². The first-order valence-corrected chi connectivity index (χ1v) is 10.0. The van der Waals surface area contributed by atoms with E-state index in [-0.39, 0.29) is 18.6 Å². The molecule has 0 bridgehead atoms. The first-order valence-electron chi connectivity index (χ1n) is 8.64. The summed E-state index contributed by atoms with van der Waals surface area (Å²) < 4.78 is 33.5. The summed E-state index contributed by atoms with van der Waals surface area (Å²) in [5.41, 5.74) is 5.77.